The topological polar surface area (TPSA) is 76.2 Å². The van der Waals surface area contributed by atoms with E-state index in [0.29, 0.717) is 39.1 Å². The van der Waals surface area contributed by atoms with Crippen LogP contribution >= 0.6 is 0 Å². The lowest BCUT2D eigenvalue weighted by Gasteiger charge is -2.47. The minimum Gasteiger partial charge on any atom is -0.497 e. The third-order valence-electron chi connectivity index (χ3n) is 5.30. The normalized spacial score (nSPS) is 19.1. The van der Waals surface area contributed by atoms with Crippen molar-refractivity contribution in [2.24, 2.45) is 0 Å². The van der Waals surface area contributed by atoms with Gasteiger partial charge in [0, 0.05) is 38.8 Å². The summed E-state index contributed by atoms with van der Waals surface area (Å²) in [7, 11) is -1.68. The fourth-order valence-electron chi connectivity index (χ4n) is 3.80. The molecule has 0 aliphatic carbocycles. The van der Waals surface area contributed by atoms with Gasteiger partial charge in [-0.25, -0.2) is 8.42 Å². The maximum atomic E-state index is 12.4. The Morgan fingerprint density at radius 1 is 1.19 bits per heavy atom. The standard InChI is InChI=1S/C19H28N2O5S/c1-25-18-6-3-15(4-7-18)5-8-19(22)20-13-17(14-20)21(27(2,23)24)16-9-11-26-12-10-16/h3-4,6-7,16-17H,5,8-14H2,1-2H3. The highest BCUT2D eigenvalue weighted by atomic mass is 32.2. The smallest absolute Gasteiger partial charge is 0.223 e. The molecule has 0 radical (unpaired) electrons. The Morgan fingerprint density at radius 3 is 2.37 bits per heavy atom. The molecule has 7 nitrogen and oxygen atoms in total. The van der Waals surface area contributed by atoms with Crippen molar-refractivity contribution >= 4 is 15.9 Å². The number of hydrogen-bond donors (Lipinski definition) is 0. The second-order valence-electron chi connectivity index (χ2n) is 7.24. The van der Waals surface area contributed by atoms with Gasteiger partial charge in [0.2, 0.25) is 15.9 Å². The minimum atomic E-state index is -3.31. The van der Waals surface area contributed by atoms with Crippen molar-refractivity contribution in [1.82, 2.24) is 9.21 Å². The molecule has 0 spiro atoms. The molecule has 27 heavy (non-hydrogen) atoms. The first-order chi connectivity index (χ1) is 12.9. The van der Waals surface area contributed by atoms with Gasteiger partial charge < -0.3 is 14.4 Å². The molecule has 8 heteroatoms. The lowest BCUT2D eigenvalue weighted by atomic mass is 10.0. The second-order valence-corrected chi connectivity index (χ2v) is 9.12. The van der Waals surface area contributed by atoms with Crippen molar-refractivity contribution < 1.29 is 22.7 Å². The highest BCUT2D eigenvalue weighted by molar-refractivity contribution is 7.88. The van der Waals surface area contributed by atoms with Crippen LogP contribution in [0.2, 0.25) is 0 Å². The molecule has 150 valence electrons. The molecule has 2 fully saturated rings. The van der Waals surface area contributed by atoms with Gasteiger partial charge >= 0.3 is 0 Å². The Hall–Kier alpha value is -1.64. The van der Waals surface area contributed by atoms with Gasteiger partial charge in [0.1, 0.15) is 5.75 Å². The van der Waals surface area contributed by atoms with E-state index in [0.717, 1.165) is 24.2 Å². The van der Waals surface area contributed by atoms with Gasteiger partial charge in [-0.2, -0.15) is 4.31 Å². The number of hydrogen-bond acceptors (Lipinski definition) is 5. The summed E-state index contributed by atoms with van der Waals surface area (Å²) in [6.45, 7) is 2.14. The van der Waals surface area contributed by atoms with E-state index in [4.69, 9.17) is 9.47 Å². The SMILES string of the molecule is COc1ccc(CCC(=O)N2CC(N(C3CCOCC3)S(C)(=O)=O)C2)cc1. The number of carbonyl (C=O) groups is 1. The highest BCUT2D eigenvalue weighted by Gasteiger charge is 2.42. The summed E-state index contributed by atoms with van der Waals surface area (Å²) in [5, 5.41) is 0. The molecular weight excluding hydrogens is 368 g/mol. The second kappa shape index (κ2) is 8.58. The average Bonchev–Trinajstić information content (AvgIpc) is 2.62. The summed E-state index contributed by atoms with van der Waals surface area (Å²) < 4.78 is 36.6. The van der Waals surface area contributed by atoms with Gasteiger partial charge in [0.25, 0.3) is 0 Å². The van der Waals surface area contributed by atoms with Gasteiger partial charge in [-0.05, 0) is 37.0 Å². The van der Waals surface area contributed by atoms with Crippen LogP contribution in [0.1, 0.15) is 24.8 Å². The lowest BCUT2D eigenvalue weighted by Crippen LogP contribution is -2.64. The molecule has 2 heterocycles. The maximum Gasteiger partial charge on any atom is 0.223 e. The molecule has 0 saturated carbocycles. The number of nitrogens with zero attached hydrogens (tertiary/aromatic N) is 2. The molecule has 2 aliphatic heterocycles. The number of likely N-dealkylation sites (tertiary alicyclic amines) is 1. The largest absolute Gasteiger partial charge is 0.497 e. The van der Waals surface area contributed by atoms with Crippen molar-refractivity contribution in [3.05, 3.63) is 29.8 Å². The Morgan fingerprint density at radius 2 is 1.81 bits per heavy atom. The van der Waals surface area contributed by atoms with Crippen molar-refractivity contribution in [3.63, 3.8) is 0 Å². The van der Waals surface area contributed by atoms with Crippen LogP contribution in [0.25, 0.3) is 0 Å². The zero-order valence-electron chi connectivity index (χ0n) is 16.0. The predicted molar refractivity (Wildman–Crippen MR) is 102 cm³/mol. The van der Waals surface area contributed by atoms with Crippen LogP contribution in [-0.4, -0.2) is 75.3 Å². The van der Waals surface area contributed by atoms with Crippen LogP contribution in [0.5, 0.6) is 5.75 Å². The van der Waals surface area contributed by atoms with Gasteiger partial charge in [-0.15, -0.1) is 0 Å². The van der Waals surface area contributed by atoms with E-state index in [-0.39, 0.29) is 18.0 Å². The molecular formula is C19H28N2O5S. The highest BCUT2D eigenvalue weighted by Crippen LogP contribution is 2.26. The number of aryl methyl sites for hydroxylation is 1. The summed E-state index contributed by atoms with van der Waals surface area (Å²) in [5.41, 5.74) is 1.08. The minimum absolute atomic E-state index is 0.0182. The van der Waals surface area contributed by atoms with Gasteiger partial charge in [0.05, 0.1) is 19.4 Å². The van der Waals surface area contributed by atoms with Crippen LogP contribution < -0.4 is 4.74 Å². The first-order valence-corrected chi connectivity index (χ1v) is 11.2. The molecule has 0 aromatic heterocycles. The fraction of sp³-hybridized carbons (Fsp3) is 0.632. The molecule has 2 aliphatic rings. The van der Waals surface area contributed by atoms with E-state index >= 15 is 0 Å². The quantitative estimate of drug-likeness (QED) is 0.694. The molecule has 0 unspecified atom stereocenters. The third-order valence-corrected chi connectivity index (χ3v) is 6.66. The van der Waals surface area contributed by atoms with E-state index in [1.807, 2.05) is 24.3 Å². The fourth-order valence-corrected chi connectivity index (χ4v) is 5.23. The zero-order valence-corrected chi connectivity index (χ0v) is 16.8. The van der Waals surface area contributed by atoms with E-state index in [1.54, 1.807) is 16.3 Å². The van der Waals surface area contributed by atoms with Crippen LogP contribution in [0.4, 0.5) is 0 Å². The number of amides is 1. The third kappa shape index (κ3) is 5.00. The summed E-state index contributed by atoms with van der Waals surface area (Å²) in [6, 6.07) is 7.56. The molecule has 2 saturated heterocycles. The van der Waals surface area contributed by atoms with Gasteiger partial charge in [-0.3, -0.25) is 4.79 Å². The Labute approximate surface area is 161 Å². The Balaban J connectivity index is 1.51. The first-order valence-electron chi connectivity index (χ1n) is 9.35. The molecule has 1 amide bonds. The lowest BCUT2D eigenvalue weighted by molar-refractivity contribution is -0.138. The number of carbonyl (C=O) groups excluding carboxylic acids is 1. The summed E-state index contributed by atoms with van der Waals surface area (Å²) >= 11 is 0. The predicted octanol–water partition coefficient (Wildman–Crippen LogP) is 1.28. The summed E-state index contributed by atoms with van der Waals surface area (Å²) in [6.07, 6.45) is 3.79. The molecule has 3 rings (SSSR count). The number of benzene rings is 1. The van der Waals surface area contributed by atoms with Crippen LogP contribution in [-0.2, 0) is 26.0 Å². The zero-order chi connectivity index (χ0) is 19.4. The Kier molecular flexibility index (Phi) is 6.39. The monoisotopic (exact) mass is 396 g/mol. The molecule has 0 atom stereocenters. The summed E-state index contributed by atoms with van der Waals surface area (Å²) in [5.74, 6) is 0.868. The Bertz CT molecular complexity index is 738. The van der Waals surface area contributed by atoms with Crippen molar-refractivity contribution in [1.29, 1.82) is 0 Å². The van der Waals surface area contributed by atoms with Crippen molar-refractivity contribution in [3.8, 4) is 5.75 Å². The number of sulfonamides is 1. The number of methoxy groups -OCH3 is 1. The first kappa shape index (κ1) is 20.1. The molecule has 1 aromatic rings. The average molecular weight is 397 g/mol. The van der Waals surface area contributed by atoms with E-state index < -0.39 is 10.0 Å². The van der Waals surface area contributed by atoms with Gasteiger partial charge in [0.15, 0.2) is 0 Å². The van der Waals surface area contributed by atoms with Crippen LogP contribution in [0.3, 0.4) is 0 Å². The van der Waals surface area contributed by atoms with Crippen molar-refractivity contribution in [2.75, 3.05) is 39.7 Å². The number of ether oxygens (including phenoxy) is 2. The molecule has 0 N–H and O–H groups in total. The van der Waals surface area contributed by atoms with E-state index in [2.05, 4.69) is 0 Å². The molecule has 1 aromatic carbocycles. The number of rotatable bonds is 7. The maximum absolute atomic E-state index is 12.4. The van der Waals surface area contributed by atoms with E-state index in [9.17, 15) is 13.2 Å². The van der Waals surface area contributed by atoms with Crippen LogP contribution in [0, 0.1) is 0 Å². The van der Waals surface area contributed by atoms with Crippen molar-refractivity contribution in [2.45, 2.75) is 37.8 Å². The van der Waals surface area contributed by atoms with Crippen LogP contribution in [0.15, 0.2) is 24.3 Å². The molecule has 0 bridgehead atoms. The summed E-state index contributed by atoms with van der Waals surface area (Å²) in [4.78, 5) is 14.2. The van der Waals surface area contributed by atoms with E-state index in [1.165, 1.54) is 6.26 Å². The van der Waals surface area contributed by atoms with Gasteiger partial charge in [-0.1, -0.05) is 12.1 Å².